The van der Waals surface area contributed by atoms with Gasteiger partial charge in [0, 0.05) is 36.4 Å². The van der Waals surface area contributed by atoms with Gasteiger partial charge in [0.2, 0.25) is 5.91 Å². The molecule has 6 nitrogen and oxygen atoms in total. The minimum atomic E-state index is -0.868. The SMILES string of the molecule is O=C(O)CCNCC(=O)N1CCC(=C2c3ccc(Cl)cc3CCc3cccnc32)CC1. The number of likely N-dealkylation sites (tertiary alicyclic amines) is 1. The molecule has 1 aliphatic carbocycles. The number of halogens is 1. The lowest BCUT2D eigenvalue weighted by Gasteiger charge is -2.30. The van der Waals surface area contributed by atoms with Crippen LogP contribution in [0.1, 0.15) is 41.6 Å². The summed E-state index contributed by atoms with van der Waals surface area (Å²) in [5.41, 5.74) is 7.27. The Kier molecular flexibility index (Phi) is 6.68. The molecule has 7 heteroatoms. The van der Waals surface area contributed by atoms with Crippen molar-refractivity contribution in [2.24, 2.45) is 0 Å². The van der Waals surface area contributed by atoms with Crippen LogP contribution >= 0.6 is 11.6 Å². The maximum absolute atomic E-state index is 12.5. The molecule has 1 aromatic carbocycles. The van der Waals surface area contributed by atoms with Gasteiger partial charge in [-0.2, -0.15) is 0 Å². The highest BCUT2D eigenvalue weighted by molar-refractivity contribution is 6.30. The summed E-state index contributed by atoms with van der Waals surface area (Å²) in [5.74, 6) is -0.853. The summed E-state index contributed by atoms with van der Waals surface area (Å²) < 4.78 is 0. The number of carbonyl (C=O) groups is 2. The van der Waals surface area contributed by atoms with Crippen LogP contribution in [0.25, 0.3) is 5.57 Å². The zero-order valence-corrected chi connectivity index (χ0v) is 18.1. The number of aliphatic carboxylic acids is 1. The van der Waals surface area contributed by atoms with Crippen LogP contribution in [0.3, 0.4) is 0 Å². The number of rotatable bonds is 5. The summed E-state index contributed by atoms with van der Waals surface area (Å²) in [6.45, 7) is 1.78. The quantitative estimate of drug-likeness (QED) is 0.698. The first-order valence-electron chi connectivity index (χ1n) is 10.7. The van der Waals surface area contributed by atoms with Gasteiger partial charge < -0.3 is 15.3 Å². The Balaban J connectivity index is 1.55. The molecule has 1 saturated heterocycles. The number of aryl methyl sites for hydroxylation is 2. The number of aromatic nitrogens is 1. The normalized spacial score (nSPS) is 15.8. The number of benzene rings is 1. The third kappa shape index (κ3) is 4.97. The predicted octanol–water partition coefficient (Wildman–Crippen LogP) is 3.32. The Bertz CT molecular complexity index is 1020. The van der Waals surface area contributed by atoms with Crippen LogP contribution in [0.15, 0.2) is 42.1 Å². The van der Waals surface area contributed by atoms with Gasteiger partial charge in [-0.3, -0.25) is 14.6 Å². The summed E-state index contributed by atoms with van der Waals surface area (Å²) in [7, 11) is 0. The number of amides is 1. The van der Waals surface area contributed by atoms with Gasteiger partial charge >= 0.3 is 5.97 Å². The molecule has 2 N–H and O–H groups in total. The molecule has 31 heavy (non-hydrogen) atoms. The highest BCUT2D eigenvalue weighted by Gasteiger charge is 2.26. The van der Waals surface area contributed by atoms with Crippen LogP contribution < -0.4 is 5.32 Å². The lowest BCUT2D eigenvalue weighted by molar-refractivity contribution is -0.137. The number of fused-ring (bicyclic) bond motifs is 2. The van der Waals surface area contributed by atoms with Gasteiger partial charge in [-0.05, 0) is 60.6 Å². The van der Waals surface area contributed by atoms with Crippen LogP contribution in [0.4, 0.5) is 0 Å². The number of piperidine rings is 1. The Morgan fingerprint density at radius 3 is 2.65 bits per heavy atom. The van der Waals surface area contributed by atoms with Crippen molar-refractivity contribution in [1.29, 1.82) is 0 Å². The van der Waals surface area contributed by atoms with Gasteiger partial charge in [0.05, 0.1) is 18.7 Å². The molecule has 2 aliphatic rings. The number of nitrogens with one attached hydrogen (secondary N) is 1. The average molecular weight is 440 g/mol. The fraction of sp³-hybridized carbons (Fsp3) is 0.375. The highest BCUT2D eigenvalue weighted by atomic mass is 35.5. The number of carbonyl (C=O) groups excluding carboxylic acids is 1. The maximum atomic E-state index is 12.5. The minimum Gasteiger partial charge on any atom is -0.481 e. The van der Waals surface area contributed by atoms with E-state index in [1.165, 1.54) is 27.8 Å². The number of hydrogen-bond acceptors (Lipinski definition) is 4. The molecule has 0 unspecified atom stereocenters. The molecule has 0 saturated carbocycles. The highest BCUT2D eigenvalue weighted by Crippen LogP contribution is 2.38. The van der Waals surface area contributed by atoms with Crippen LogP contribution in [-0.4, -0.2) is 53.0 Å². The Morgan fingerprint density at radius 1 is 1.10 bits per heavy atom. The van der Waals surface area contributed by atoms with E-state index >= 15 is 0 Å². The van der Waals surface area contributed by atoms with Gasteiger partial charge in [0.1, 0.15) is 0 Å². The fourth-order valence-electron chi connectivity index (χ4n) is 4.41. The molecule has 1 aliphatic heterocycles. The van der Waals surface area contributed by atoms with Gasteiger partial charge in [-0.15, -0.1) is 0 Å². The van der Waals surface area contributed by atoms with Crippen LogP contribution in [-0.2, 0) is 22.4 Å². The first-order valence-corrected chi connectivity index (χ1v) is 11.1. The number of nitrogens with zero attached hydrogens (tertiary/aromatic N) is 2. The lowest BCUT2D eigenvalue weighted by Crippen LogP contribution is -2.42. The first kappa shape index (κ1) is 21.5. The van der Waals surface area contributed by atoms with Crippen molar-refractivity contribution in [3.63, 3.8) is 0 Å². The van der Waals surface area contributed by atoms with E-state index in [4.69, 9.17) is 21.7 Å². The molecular weight excluding hydrogens is 414 g/mol. The molecular formula is C24H26ClN3O3. The van der Waals surface area contributed by atoms with Gasteiger partial charge in [0.15, 0.2) is 0 Å². The number of pyridine rings is 1. The summed E-state index contributed by atoms with van der Waals surface area (Å²) in [6, 6.07) is 10.2. The summed E-state index contributed by atoms with van der Waals surface area (Å²) in [4.78, 5) is 29.7. The topological polar surface area (TPSA) is 82.5 Å². The molecule has 1 aromatic heterocycles. The smallest absolute Gasteiger partial charge is 0.304 e. The second-order valence-electron chi connectivity index (χ2n) is 7.99. The van der Waals surface area contributed by atoms with E-state index in [2.05, 4.69) is 23.5 Å². The molecule has 162 valence electrons. The average Bonchev–Trinajstić information content (AvgIpc) is 2.93. The van der Waals surface area contributed by atoms with Crippen LogP contribution in [0, 0.1) is 0 Å². The Hall–Kier alpha value is -2.70. The molecule has 2 heterocycles. The third-order valence-electron chi connectivity index (χ3n) is 5.99. The standard InChI is InChI=1S/C24H26ClN3O3/c25-19-5-6-20-18(14-19)4-3-17-2-1-10-27-24(17)23(20)16-8-12-28(13-9-16)21(29)15-26-11-7-22(30)31/h1-2,5-6,10,14,26H,3-4,7-9,11-13,15H2,(H,30,31). The van der Waals surface area contributed by atoms with Crippen LogP contribution in [0.5, 0.6) is 0 Å². The lowest BCUT2D eigenvalue weighted by atomic mass is 9.88. The van der Waals surface area contributed by atoms with Crippen molar-refractivity contribution in [3.8, 4) is 0 Å². The fourth-order valence-corrected chi connectivity index (χ4v) is 4.61. The summed E-state index contributed by atoms with van der Waals surface area (Å²) in [5, 5.41) is 12.4. The monoisotopic (exact) mass is 439 g/mol. The zero-order chi connectivity index (χ0) is 21.8. The van der Waals surface area contributed by atoms with Crippen molar-refractivity contribution >= 4 is 29.1 Å². The van der Waals surface area contributed by atoms with E-state index in [0.717, 1.165) is 36.4 Å². The van der Waals surface area contributed by atoms with Gasteiger partial charge in [-0.1, -0.05) is 29.3 Å². The molecule has 0 radical (unpaired) electrons. The van der Waals surface area contributed by atoms with E-state index in [1.807, 2.05) is 23.2 Å². The molecule has 1 amide bonds. The first-order chi connectivity index (χ1) is 15.0. The van der Waals surface area contributed by atoms with Crippen molar-refractivity contribution in [3.05, 3.63) is 69.5 Å². The minimum absolute atomic E-state index is 0.0133. The molecule has 4 rings (SSSR count). The number of carboxylic acids is 1. The Labute approximate surface area is 186 Å². The van der Waals surface area contributed by atoms with Crippen molar-refractivity contribution < 1.29 is 14.7 Å². The zero-order valence-electron chi connectivity index (χ0n) is 17.4. The Morgan fingerprint density at radius 2 is 1.87 bits per heavy atom. The molecule has 0 atom stereocenters. The van der Waals surface area contributed by atoms with E-state index in [-0.39, 0.29) is 18.9 Å². The second-order valence-corrected chi connectivity index (χ2v) is 8.43. The van der Waals surface area contributed by atoms with Crippen molar-refractivity contribution in [2.45, 2.75) is 32.1 Å². The maximum Gasteiger partial charge on any atom is 0.304 e. The van der Waals surface area contributed by atoms with E-state index in [9.17, 15) is 9.59 Å². The largest absolute Gasteiger partial charge is 0.481 e. The number of hydrogen-bond donors (Lipinski definition) is 2. The summed E-state index contributed by atoms with van der Waals surface area (Å²) >= 11 is 6.28. The van der Waals surface area contributed by atoms with Crippen molar-refractivity contribution in [2.75, 3.05) is 26.2 Å². The van der Waals surface area contributed by atoms with E-state index in [1.54, 1.807) is 0 Å². The molecule has 0 bridgehead atoms. The van der Waals surface area contributed by atoms with Crippen LogP contribution in [0.2, 0.25) is 5.02 Å². The summed E-state index contributed by atoms with van der Waals surface area (Å²) in [6.07, 6.45) is 5.32. The molecule has 1 fully saturated rings. The predicted molar refractivity (Wildman–Crippen MR) is 120 cm³/mol. The van der Waals surface area contributed by atoms with Crippen molar-refractivity contribution in [1.82, 2.24) is 15.2 Å². The number of carboxylic acid groups (broad SMARTS) is 1. The second kappa shape index (κ2) is 9.62. The van der Waals surface area contributed by atoms with Gasteiger partial charge in [-0.25, -0.2) is 0 Å². The van der Waals surface area contributed by atoms with E-state index < -0.39 is 5.97 Å². The van der Waals surface area contributed by atoms with Gasteiger partial charge in [0.25, 0.3) is 0 Å². The molecule has 2 aromatic rings. The third-order valence-corrected chi connectivity index (χ3v) is 6.23. The molecule has 0 spiro atoms. The van der Waals surface area contributed by atoms with E-state index in [0.29, 0.717) is 19.6 Å².